The van der Waals surface area contributed by atoms with E-state index in [4.69, 9.17) is 22.6 Å². The van der Waals surface area contributed by atoms with Gasteiger partial charge in [-0.05, 0) is 18.6 Å². The summed E-state index contributed by atoms with van der Waals surface area (Å²) in [7, 11) is 0. The van der Waals surface area contributed by atoms with Gasteiger partial charge in [0.2, 0.25) is 0 Å². The highest BCUT2D eigenvalue weighted by Crippen LogP contribution is 2.27. The van der Waals surface area contributed by atoms with Crippen molar-refractivity contribution in [3.8, 4) is 6.07 Å². The lowest BCUT2D eigenvalue weighted by atomic mass is 10.1. The summed E-state index contributed by atoms with van der Waals surface area (Å²) < 4.78 is 13.2. The van der Waals surface area contributed by atoms with Gasteiger partial charge in [-0.25, -0.2) is 4.39 Å². The van der Waals surface area contributed by atoms with Gasteiger partial charge in [0.25, 0.3) is 0 Å². The van der Waals surface area contributed by atoms with Gasteiger partial charge in [0, 0.05) is 5.56 Å². The monoisotopic (exact) mass is 198 g/mol. The van der Waals surface area contributed by atoms with Crippen LogP contribution in [0.25, 0.3) is 0 Å². The summed E-state index contributed by atoms with van der Waals surface area (Å²) in [6.45, 7) is 1.73. The zero-order valence-corrected chi connectivity index (χ0v) is 7.77. The molecule has 0 radical (unpaired) electrons. The second kappa shape index (κ2) is 3.73. The fourth-order valence-electron chi connectivity index (χ4n) is 1.03. The Balaban J connectivity index is 3.35. The van der Waals surface area contributed by atoms with Gasteiger partial charge in [0.05, 0.1) is 11.1 Å². The molecule has 0 aliphatic rings. The van der Waals surface area contributed by atoms with E-state index < -0.39 is 11.9 Å². The van der Waals surface area contributed by atoms with Gasteiger partial charge in [0.1, 0.15) is 11.9 Å². The Hall–Kier alpha value is -1.11. The Kier molecular flexibility index (Phi) is 2.86. The Morgan fingerprint density at radius 1 is 1.62 bits per heavy atom. The molecule has 2 N–H and O–H groups in total. The van der Waals surface area contributed by atoms with Gasteiger partial charge in [-0.3, -0.25) is 0 Å². The van der Waals surface area contributed by atoms with Crippen LogP contribution in [0.5, 0.6) is 0 Å². The van der Waals surface area contributed by atoms with Crippen molar-refractivity contribution in [1.82, 2.24) is 0 Å². The number of nitriles is 1. The lowest BCUT2D eigenvalue weighted by Gasteiger charge is -2.09. The second-order valence-corrected chi connectivity index (χ2v) is 3.08. The quantitative estimate of drug-likeness (QED) is 0.753. The molecule has 2 nitrogen and oxygen atoms in total. The molecule has 0 unspecified atom stereocenters. The lowest BCUT2D eigenvalue weighted by Crippen LogP contribution is -2.10. The van der Waals surface area contributed by atoms with E-state index in [2.05, 4.69) is 0 Å². The Morgan fingerprint density at radius 2 is 2.23 bits per heavy atom. The van der Waals surface area contributed by atoms with E-state index in [1.54, 1.807) is 19.1 Å². The van der Waals surface area contributed by atoms with E-state index in [9.17, 15) is 4.39 Å². The van der Waals surface area contributed by atoms with Crippen LogP contribution >= 0.6 is 11.6 Å². The van der Waals surface area contributed by atoms with Crippen molar-refractivity contribution >= 4 is 11.6 Å². The predicted octanol–water partition coefficient (Wildman–Crippen LogP) is 2.31. The maximum absolute atomic E-state index is 13.2. The Morgan fingerprint density at radius 3 is 2.77 bits per heavy atom. The minimum Gasteiger partial charge on any atom is -0.312 e. The second-order valence-electron chi connectivity index (χ2n) is 2.70. The number of halogens is 2. The largest absolute Gasteiger partial charge is 0.312 e. The molecule has 0 spiro atoms. The first kappa shape index (κ1) is 9.97. The highest BCUT2D eigenvalue weighted by Gasteiger charge is 2.15. The average Bonchev–Trinajstić information content (AvgIpc) is 2.12. The van der Waals surface area contributed by atoms with Gasteiger partial charge in [-0.2, -0.15) is 5.26 Å². The number of benzene rings is 1. The maximum atomic E-state index is 13.2. The van der Waals surface area contributed by atoms with Crippen molar-refractivity contribution in [1.29, 1.82) is 5.26 Å². The van der Waals surface area contributed by atoms with Crippen molar-refractivity contribution in [2.75, 3.05) is 0 Å². The summed E-state index contributed by atoms with van der Waals surface area (Å²) in [6.07, 6.45) is 0. The SMILES string of the molecule is Cc1ccc(F)c([C@H](N)C#N)c1Cl. The summed E-state index contributed by atoms with van der Waals surface area (Å²) in [5.41, 5.74) is 6.16. The summed E-state index contributed by atoms with van der Waals surface area (Å²) in [5, 5.41) is 8.76. The van der Waals surface area contributed by atoms with E-state index in [1.165, 1.54) is 6.07 Å². The molecular weight excluding hydrogens is 191 g/mol. The Labute approximate surface area is 80.7 Å². The number of nitrogens with two attached hydrogens (primary N) is 1. The molecule has 0 aliphatic heterocycles. The molecule has 1 aromatic rings. The van der Waals surface area contributed by atoms with Crippen LogP contribution < -0.4 is 5.73 Å². The fourth-order valence-corrected chi connectivity index (χ4v) is 1.30. The summed E-state index contributed by atoms with van der Waals surface area (Å²) in [4.78, 5) is 0. The van der Waals surface area contributed by atoms with Crippen molar-refractivity contribution in [2.24, 2.45) is 5.73 Å². The standard InChI is InChI=1S/C9H8ClFN2/c1-5-2-3-6(11)8(9(5)10)7(13)4-12/h2-3,7H,13H2,1H3/t7-/m1/s1. The van der Waals surface area contributed by atoms with Crippen LogP contribution in [-0.4, -0.2) is 0 Å². The summed E-state index contributed by atoms with van der Waals surface area (Å²) in [5.74, 6) is -0.537. The predicted molar refractivity (Wildman–Crippen MR) is 48.7 cm³/mol. The minimum atomic E-state index is -1.01. The summed E-state index contributed by atoms with van der Waals surface area (Å²) in [6, 6.07) is 3.54. The van der Waals surface area contributed by atoms with E-state index >= 15 is 0 Å². The molecule has 1 aromatic carbocycles. The molecule has 0 fully saturated rings. The zero-order valence-electron chi connectivity index (χ0n) is 7.01. The molecule has 68 valence electrons. The lowest BCUT2D eigenvalue weighted by molar-refractivity contribution is 0.603. The molecule has 0 heterocycles. The minimum absolute atomic E-state index is 0.0733. The normalized spacial score (nSPS) is 12.2. The van der Waals surface area contributed by atoms with Gasteiger partial charge >= 0.3 is 0 Å². The van der Waals surface area contributed by atoms with Crippen LogP contribution in [-0.2, 0) is 0 Å². The maximum Gasteiger partial charge on any atom is 0.130 e. The van der Waals surface area contributed by atoms with Crippen LogP contribution in [0.4, 0.5) is 4.39 Å². The fraction of sp³-hybridized carbons (Fsp3) is 0.222. The van der Waals surface area contributed by atoms with E-state index in [1.807, 2.05) is 0 Å². The average molecular weight is 199 g/mol. The number of hydrogen-bond donors (Lipinski definition) is 1. The molecule has 4 heteroatoms. The zero-order chi connectivity index (χ0) is 10.0. The van der Waals surface area contributed by atoms with Crippen LogP contribution in [0.15, 0.2) is 12.1 Å². The molecule has 0 aromatic heterocycles. The van der Waals surface area contributed by atoms with E-state index in [0.717, 1.165) is 0 Å². The first-order valence-electron chi connectivity index (χ1n) is 3.67. The van der Waals surface area contributed by atoms with Crippen molar-refractivity contribution in [2.45, 2.75) is 13.0 Å². The molecule has 1 atom stereocenters. The summed E-state index contributed by atoms with van der Waals surface area (Å²) >= 11 is 5.80. The Bertz CT molecular complexity index is 371. The first-order valence-corrected chi connectivity index (χ1v) is 4.05. The van der Waals surface area contributed by atoms with Crippen LogP contribution in [0.2, 0.25) is 5.02 Å². The first-order chi connectivity index (χ1) is 6.07. The van der Waals surface area contributed by atoms with E-state index in [-0.39, 0.29) is 10.6 Å². The van der Waals surface area contributed by atoms with Crippen LogP contribution in [0.3, 0.4) is 0 Å². The number of hydrogen-bond acceptors (Lipinski definition) is 2. The van der Waals surface area contributed by atoms with Crippen molar-refractivity contribution in [3.63, 3.8) is 0 Å². The molecule has 13 heavy (non-hydrogen) atoms. The highest BCUT2D eigenvalue weighted by molar-refractivity contribution is 6.32. The molecular formula is C9H8ClFN2. The molecule has 0 amide bonds. The van der Waals surface area contributed by atoms with E-state index in [0.29, 0.717) is 5.56 Å². The van der Waals surface area contributed by atoms with Gasteiger partial charge in [0.15, 0.2) is 0 Å². The smallest absolute Gasteiger partial charge is 0.130 e. The molecule has 0 bridgehead atoms. The highest BCUT2D eigenvalue weighted by atomic mass is 35.5. The van der Waals surface area contributed by atoms with Gasteiger partial charge in [-0.1, -0.05) is 17.7 Å². The van der Waals surface area contributed by atoms with Gasteiger partial charge < -0.3 is 5.73 Å². The van der Waals surface area contributed by atoms with Crippen LogP contribution in [0.1, 0.15) is 17.2 Å². The van der Waals surface area contributed by atoms with Crippen LogP contribution in [0, 0.1) is 24.1 Å². The topological polar surface area (TPSA) is 49.8 Å². The molecule has 0 aliphatic carbocycles. The number of aryl methyl sites for hydroxylation is 1. The van der Waals surface area contributed by atoms with Crippen molar-refractivity contribution < 1.29 is 4.39 Å². The number of rotatable bonds is 1. The van der Waals surface area contributed by atoms with Gasteiger partial charge in [-0.15, -0.1) is 0 Å². The van der Waals surface area contributed by atoms with Crippen molar-refractivity contribution in [3.05, 3.63) is 34.1 Å². The third-order valence-corrected chi connectivity index (χ3v) is 2.27. The number of nitrogens with zero attached hydrogens (tertiary/aromatic N) is 1. The molecule has 1 rings (SSSR count). The molecule has 0 saturated heterocycles. The third-order valence-electron chi connectivity index (χ3n) is 1.77. The molecule has 0 saturated carbocycles. The third kappa shape index (κ3) is 1.80.